The van der Waals surface area contributed by atoms with Crippen molar-refractivity contribution < 1.29 is 19.4 Å². The molecule has 1 aliphatic heterocycles. The van der Waals surface area contributed by atoms with E-state index in [1.807, 2.05) is 0 Å². The van der Waals surface area contributed by atoms with Gasteiger partial charge in [0.1, 0.15) is 0 Å². The summed E-state index contributed by atoms with van der Waals surface area (Å²) in [7, 11) is 0. The zero-order valence-electron chi connectivity index (χ0n) is 7.49. The zero-order valence-corrected chi connectivity index (χ0v) is 7.49. The van der Waals surface area contributed by atoms with Crippen LogP contribution in [0.4, 0.5) is 0 Å². The molecule has 9 heteroatoms. The molecule has 0 bridgehead atoms. The predicted octanol–water partition coefficient (Wildman–Crippen LogP) is -0.985. The molecular formula is C6H7N3O6. The average Bonchev–Trinajstić information content (AvgIpc) is 2.42. The van der Waals surface area contributed by atoms with Crippen molar-refractivity contribution in [2.24, 2.45) is 0 Å². The Labute approximate surface area is 82.9 Å². The van der Waals surface area contributed by atoms with Gasteiger partial charge in [0.25, 0.3) is 0 Å². The monoisotopic (exact) mass is 217 g/mol. The highest BCUT2D eigenvalue weighted by Crippen LogP contribution is 2.12. The molecule has 0 aromatic carbocycles. The molecule has 0 aromatic rings. The fraction of sp³-hybridized carbons (Fsp3) is 0.667. The smallest absolute Gasteiger partial charge is 0.274 e. The second-order valence-electron chi connectivity index (χ2n) is 2.95. The van der Waals surface area contributed by atoms with Crippen molar-refractivity contribution in [1.82, 2.24) is 4.90 Å². The minimum Gasteiger partial charge on any atom is -0.274 e. The van der Waals surface area contributed by atoms with Crippen LogP contribution in [-0.2, 0) is 9.59 Å². The SMILES string of the molecule is O=C1CCC(=O)N1CC([N+](=O)[O-])[N+](=O)[O-]. The standard InChI is InChI=1S/C6H7N3O6/c10-5-1-2-6(11)7(5)3-4(8(12)13)9(14)15/h4H,1-3H2. The van der Waals surface area contributed by atoms with Crippen LogP contribution in [0.25, 0.3) is 0 Å². The van der Waals surface area contributed by atoms with E-state index in [4.69, 9.17) is 0 Å². The number of nitrogens with zero attached hydrogens (tertiary/aromatic N) is 3. The molecule has 1 heterocycles. The Morgan fingerprint density at radius 3 is 1.87 bits per heavy atom. The van der Waals surface area contributed by atoms with Gasteiger partial charge in [-0.05, 0) is 0 Å². The lowest BCUT2D eigenvalue weighted by molar-refractivity contribution is -0.740. The third kappa shape index (κ3) is 2.24. The molecule has 15 heavy (non-hydrogen) atoms. The van der Waals surface area contributed by atoms with E-state index in [0.717, 1.165) is 0 Å². The fourth-order valence-corrected chi connectivity index (χ4v) is 1.20. The number of nitro groups is 2. The van der Waals surface area contributed by atoms with E-state index in [1.54, 1.807) is 0 Å². The number of rotatable bonds is 4. The molecule has 0 aliphatic carbocycles. The molecule has 0 N–H and O–H groups in total. The van der Waals surface area contributed by atoms with Crippen molar-refractivity contribution in [1.29, 1.82) is 0 Å². The lowest BCUT2D eigenvalue weighted by atomic mass is 10.4. The van der Waals surface area contributed by atoms with Gasteiger partial charge in [-0.25, -0.2) is 0 Å². The van der Waals surface area contributed by atoms with Gasteiger partial charge in [-0.3, -0.25) is 34.7 Å². The molecule has 82 valence electrons. The first-order chi connectivity index (χ1) is 6.93. The molecular weight excluding hydrogens is 210 g/mol. The normalized spacial score (nSPS) is 16.2. The van der Waals surface area contributed by atoms with Crippen molar-refractivity contribution in [3.05, 3.63) is 20.2 Å². The van der Waals surface area contributed by atoms with E-state index in [2.05, 4.69) is 0 Å². The van der Waals surface area contributed by atoms with E-state index in [-0.39, 0.29) is 12.8 Å². The minimum atomic E-state index is -2.14. The molecule has 1 saturated heterocycles. The first kappa shape index (κ1) is 11.0. The molecule has 0 radical (unpaired) electrons. The van der Waals surface area contributed by atoms with E-state index in [0.29, 0.717) is 4.90 Å². The lowest BCUT2D eigenvalue weighted by Gasteiger charge is -2.11. The number of hydrogen-bond acceptors (Lipinski definition) is 6. The van der Waals surface area contributed by atoms with Crippen molar-refractivity contribution in [3.8, 4) is 0 Å². The molecule has 9 nitrogen and oxygen atoms in total. The Balaban J connectivity index is 2.74. The Morgan fingerprint density at radius 1 is 1.13 bits per heavy atom. The predicted molar refractivity (Wildman–Crippen MR) is 43.7 cm³/mol. The van der Waals surface area contributed by atoms with Gasteiger partial charge in [0.2, 0.25) is 11.8 Å². The maximum atomic E-state index is 11.0. The van der Waals surface area contributed by atoms with Crippen molar-refractivity contribution in [2.45, 2.75) is 19.0 Å². The summed E-state index contributed by atoms with van der Waals surface area (Å²) < 4.78 is 0. The van der Waals surface area contributed by atoms with E-state index >= 15 is 0 Å². The van der Waals surface area contributed by atoms with Gasteiger partial charge in [-0.1, -0.05) is 0 Å². The van der Waals surface area contributed by atoms with Gasteiger partial charge in [-0.15, -0.1) is 0 Å². The molecule has 1 rings (SSSR count). The number of carbonyl (C=O) groups is 2. The molecule has 2 amide bonds. The van der Waals surface area contributed by atoms with Crippen LogP contribution >= 0.6 is 0 Å². The molecule has 0 unspecified atom stereocenters. The third-order valence-electron chi connectivity index (χ3n) is 1.99. The summed E-state index contributed by atoms with van der Waals surface area (Å²) in [6.07, 6.45) is -2.22. The second-order valence-corrected chi connectivity index (χ2v) is 2.95. The fourth-order valence-electron chi connectivity index (χ4n) is 1.20. The summed E-state index contributed by atoms with van der Waals surface area (Å²) in [5, 5.41) is 20.5. The van der Waals surface area contributed by atoms with Gasteiger partial charge < -0.3 is 0 Å². The summed E-state index contributed by atoms with van der Waals surface area (Å²) in [4.78, 5) is 40.9. The highest BCUT2D eigenvalue weighted by molar-refractivity contribution is 6.01. The van der Waals surface area contributed by atoms with E-state index in [1.165, 1.54) is 0 Å². The Bertz CT molecular complexity index is 310. The topological polar surface area (TPSA) is 124 Å². The van der Waals surface area contributed by atoms with Crippen molar-refractivity contribution in [2.75, 3.05) is 6.54 Å². The molecule has 0 saturated carbocycles. The lowest BCUT2D eigenvalue weighted by Crippen LogP contribution is -2.43. The van der Waals surface area contributed by atoms with Crippen LogP contribution in [0.5, 0.6) is 0 Å². The number of imide groups is 1. The summed E-state index contributed by atoms with van der Waals surface area (Å²) >= 11 is 0. The third-order valence-corrected chi connectivity index (χ3v) is 1.99. The van der Waals surface area contributed by atoms with Gasteiger partial charge >= 0.3 is 6.17 Å². The largest absolute Gasteiger partial charge is 0.468 e. The molecule has 1 aliphatic rings. The number of likely N-dealkylation sites (tertiary alicyclic amines) is 1. The Morgan fingerprint density at radius 2 is 1.53 bits per heavy atom. The highest BCUT2D eigenvalue weighted by atomic mass is 16.7. The van der Waals surface area contributed by atoms with E-state index < -0.39 is 34.4 Å². The van der Waals surface area contributed by atoms with Crippen LogP contribution in [0.3, 0.4) is 0 Å². The van der Waals surface area contributed by atoms with Crippen LogP contribution in [0, 0.1) is 20.2 Å². The minimum absolute atomic E-state index is 0.0407. The van der Waals surface area contributed by atoms with E-state index in [9.17, 15) is 29.8 Å². The summed E-state index contributed by atoms with van der Waals surface area (Å²) in [6.45, 7) is -0.794. The number of hydrogen-bond donors (Lipinski definition) is 0. The summed E-state index contributed by atoms with van der Waals surface area (Å²) in [5.41, 5.74) is 0. The average molecular weight is 217 g/mol. The number of carbonyl (C=O) groups excluding carboxylic acids is 2. The van der Waals surface area contributed by atoms with Gasteiger partial charge in [0.05, 0.1) is 9.85 Å². The maximum absolute atomic E-state index is 11.0. The highest BCUT2D eigenvalue weighted by Gasteiger charge is 2.41. The van der Waals surface area contributed by atoms with Crippen LogP contribution in [-0.4, -0.2) is 39.3 Å². The molecule has 0 spiro atoms. The molecule has 0 atom stereocenters. The number of amides is 2. The second kappa shape index (κ2) is 3.98. The van der Waals surface area contributed by atoms with Crippen LogP contribution in [0.2, 0.25) is 0 Å². The Kier molecular flexibility index (Phi) is 2.93. The first-order valence-electron chi connectivity index (χ1n) is 4.03. The quantitative estimate of drug-likeness (QED) is 0.258. The zero-order chi connectivity index (χ0) is 11.6. The van der Waals surface area contributed by atoms with Gasteiger partial charge in [0.15, 0.2) is 6.54 Å². The Hall–Kier alpha value is -2.06. The van der Waals surface area contributed by atoms with Crippen LogP contribution in [0.1, 0.15) is 12.8 Å². The summed E-state index contributed by atoms with van der Waals surface area (Å²) in [5.74, 6) is -1.21. The van der Waals surface area contributed by atoms with Crippen molar-refractivity contribution >= 4 is 11.8 Å². The van der Waals surface area contributed by atoms with Crippen LogP contribution in [0.15, 0.2) is 0 Å². The van der Waals surface area contributed by atoms with Crippen LogP contribution < -0.4 is 0 Å². The first-order valence-corrected chi connectivity index (χ1v) is 4.03. The van der Waals surface area contributed by atoms with Gasteiger partial charge in [-0.2, -0.15) is 0 Å². The van der Waals surface area contributed by atoms with Crippen molar-refractivity contribution in [3.63, 3.8) is 0 Å². The molecule has 0 aromatic heterocycles. The van der Waals surface area contributed by atoms with Gasteiger partial charge in [0, 0.05) is 12.8 Å². The maximum Gasteiger partial charge on any atom is 0.468 e. The molecule has 1 fully saturated rings. The summed E-state index contributed by atoms with van der Waals surface area (Å²) in [6, 6.07) is 0.